The van der Waals surface area contributed by atoms with Crippen LogP contribution in [0.2, 0.25) is 0 Å². The summed E-state index contributed by atoms with van der Waals surface area (Å²) in [6.07, 6.45) is 12.4. The normalized spacial score (nSPS) is 47.6. The Labute approximate surface area is 171 Å². The number of ketones is 1. The third-order valence-corrected chi connectivity index (χ3v) is 9.86. The Kier molecular flexibility index (Phi) is 5.42. The second-order valence-corrected chi connectivity index (χ2v) is 11.1. The van der Waals surface area contributed by atoms with E-state index in [0.717, 1.165) is 43.4 Å². The standard InChI is InChI=1S/C25H40O3/c1-5-6-23(27)28-18-11-13-24(3)17(15-18)7-8-19-21-10-9-20(16(2)26)25(21,4)14-12-22(19)24/h17-22H,5-15H2,1-4H3/t17-,18+,19+,20-,21+,22+,24+,25-/m1/s1. The van der Waals surface area contributed by atoms with Gasteiger partial charge in [0, 0.05) is 12.3 Å². The van der Waals surface area contributed by atoms with E-state index >= 15 is 0 Å². The molecule has 0 amide bonds. The van der Waals surface area contributed by atoms with E-state index in [1.807, 2.05) is 13.8 Å². The van der Waals surface area contributed by atoms with Gasteiger partial charge in [-0.15, -0.1) is 0 Å². The van der Waals surface area contributed by atoms with Crippen molar-refractivity contribution in [1.82, 2.24) is 0 Å². The molecule has 0 unspecified atom stereocenters. The van der Waals surface area contributed by atoms with Crippen molar-refractivity contribution in [3.8, 4) is 0 Å². The molecule has 0 bridgehead atoms. The minimum Gasteiger partial charge on any atom is -0.462 e. The highest BCUT2D eigenvalue weighted by Gasteiger charge is 2.60. The molecule has 0 N–H and O–H groups in total. The number of rotatable bonds is 4. The summed E-state index contributed by atoms with van der Waals surface area (Å²) in [6.45, 7) is 8.85. The largest absolute Gasteiger partial charge is 0.462 e. The molecule has 8 atom stereocenters. The van der Waals surface area contributed by atoms with Crippen molar-refractivity contribution in [3.63, 3.8) is 0 Å². The second kappa shape index (κ2) is 7.43. The Morgan fingerprint density at radius 1 is 0.929 bits per heavy atom. The lowest BCUT2D eigenvalue weighted by molar-refractivity contribution is -0.163. The molecule has 0 spiro atoms. The zero-order valence-electron chi connectivity index (χ0n) is 18.5. The highest BCUT2D eigenvalue weighted by atomic mass is 16.5. The van der Waals surface area contributed by atoms with Crippen molar-refractivity contribution in [2.24, 2.45) is 40.4 Å². The van der Waals surface area contributed by atoms with Crippen LogP contribution in [0.15, 0.2) is 0 Å². The molecule has 158 valence electrons. The van der Waals surface area contributed by atoms with E-state index in [9.17, 15) is 9.59 Å². The molecule has 0 aliphatic heterocycles. The maximum atomic E-state index is 12.3. The molecule has 4 aliphatic carbocycles. The van der Waals surface area contributed by atoms with Crippen LogP contribution in [0.3, 0.4) is 0 Å². The minimum atomic E-state index is -0.000507. The van der Waals surface area contributed by atoms with Gasteiger partial charge in [-0.2, -0.15) is 0 Å². The number of carbonyl (C=O) groups is 2. The summed E-state index contributed by atoms with van der Waals surface area (Å²) in [6, 6.07) is 0. The average Bonchev–Trinajstić information content (AvgIpc) is 2.99. The molecule has 3 nitrogen and oxygen atoms in total. The molecule has 0 heterocycles. The fourth-order valence-corrected chi connectivity index (χ4v) is 8.44. The van der Waals surface area contributed by atoms with E-state index in [1.165, 1.54) is 38.5 Å². The van der Waals surface area contributed by atoms with Gasteiger partial charge in [-0.05, 0) is 106 Å². The summed E-state index contributed by atoms with van der Waals surface area (Å²) in [7, 11) is 0. The Balaban J connectivity index is 1.47. The molecule has 4 aliphatic rings. The van der Waals surface area contributed by atoms with E-state index < -0.39 is 0 Å². The first-order valence-corrected chi connectivity index (χ1v) is 12.0. The molecular formula is C25H40O3. The molecule has 0 radical (unpaired) electrons. The van der Waals surface area contributed by atoms with E-state index in [1.54, 1.807) is 0 Å². The molecule has 0 aromatic carbocycles. The molecule has 4 rings (SSSR count). The van der Waals surface area contributed by atoms with Gasteiger partial charge >= 0.3 is 5.97 Å². The van der Waals surface area contributed by atoms with Gasteiger partial charge < -0.3 is 4.74 Å². The Hall–Kier alpha value is -0.860. The second-order valence-electron chi connectivity index (χ2n) is 11.1. The molecule has 28 heavy (non-hydrogen) atoms. The monoisotopic (exact) mass is 388 g/mol. The van der Waals surface area contributed by atoms with Crippen LogP contribution in [0.5, 0.6) is 0 Å². The fraction of sp³-hybridized carbons (Fsp3) is 0.920. The average molecular weight is 389 g/mol. The number of hydrogen-bond donors (Lipinski definition) is 0. The summed E-state index contributed by atoms with van der Waals surface area (Å²) in [4.78, 5) is 24.3. The summed E-state index contributed by atoms with van der Waals surface area (Å²) in [5.41, 5.74) is 0.662. The van der Waals surface area contributed by atoms with E-state index in [2.05, 4.69) is 13.8 Å². The zero-order chi connectivity index (χ0) is 20.1. The molecule has 4 saturated carbocycles. The van der Waals surface area contributed by atoms with Crippen LogP contribution in [-0.4, -0.2) is 17.9 Å². The first-order chi connectivity index (χ1) is 13.3. The maximum Gasteiger partial charge on any atom is 0.306 e. The minimum absolute atomic E-state index is 0.000507. The van der Waals surface area contributed by atoms with Gasteiger partial charge in [0.05, 0.1) is 0 Å². The third-order valence-electron chi connectivity index (χ3n) is 9.86. The van der Waals surface area contributed by atoms with Gasteiger partial charge in [0.2, 0.25) is 0 Å². The summed E-state index contributed by atoms with van der Waals surface area (Å²) in [5, 5.41) is 0. The van der Waals surface area contributed by atoms with Crippen LogP contribution in [0, 0.1) is 40.4 Å². The lowest BCUT2D eigenvalue weighted by Gasteiger charge is -2.61. The molecule has 0 saturated heterocycles. The van der Waals surface area contributed by atoms with Gasteiger partial charge in [0.15, 0.2) is 0 Å². The van der Waals surface area contributed by atoms with Crippen molar-refractivity contribution in [1.29, 1.82) is 0 Å². The van der Waals surface area contributed by atoms with Crippen LogP contribution in [-0.2, 0) is 14.3 Å². The van der Waals surface area contributed by atoms with E-state index in [4.69, 9.17) is 4.74 Å². The molecule has 3 heteroatoms. The van der Waals surface area contributed by atoms with Crippen molar-refractivity contribution in [2.45, 2.75) is 104 Å². The van der Waals surface area contributed by atoms with Crippen molar-refractivity contribution in [2.75, 3.05) is 0 Å². The quantitative estimate of drug-likeness (QED) is 0.559. The fourth-order valence-electron chi connectivity index (χ4n) is 8.44. The number of esters is 1. The summed E-state index contributed by atoms with van der Waals surface area (Å²) in [5.74, 6) is 3.80. The highest BCUT2D eigenvalue weighted by Crippen LogP contribution is 2.67. The van der Waals surface area contributed by atoms with E-state index in [-0.39, 0.29) is 17.5 Å². The number of Topliss-reactive ketones (excluding diaryl/α,β-unsaturated/α-hetero) is 1. The molecular weight excluding hydrogens is 348 g/mol. The Morgan fingerprint density at radius 3 is 2.36 bits per heavy atom. The summed E-state index contributed by atoms with van der Waals surface area (Å²) < 4.78 is 5.81. The molecule has 0 aromatic rings. The van der Waals surface area contributed by atoms with Crippen LogP contribution in [0.25, 0.3) is 0 Å². The van der Waals surface area contributed by atoms with E-state index in [0.29, 0.717) is 29.5 Å². The number of ether oxygens (including phenoxy) is 1. The summed E-state index contributed by atoms with van der Waals surface area (Å²) >= 11 is 0. The first-order valence-electron chi connectivity index (χ1n) is 12.0. The van der Waals surface area contributed by atoms with Crippen LogP contribution in [0.1, 0.15) is 98.3 Å². The lowest BCUT2D eigenvalue weighted by Crippen LogP contribution is -2.54. The van der Waals surface area contributed by atoms with Crippen molar-refractivity contribution in [3.05, 3.63) is 0 Å². The van der Waals surface area contributed by atoms with Gasteiger partial charge in [0.25, 0.3) is 0 Å². The third kappa shape index (κ3) is 3.16. The lowest BCUT2D eigenvalue weighted by atomic mass is 9.44. The SMILES string of the molecule is CCCC(=O)O[C@H]1CC[C@@]2(C)[C@H](CC[C@@H]3[C@@H]2CC[C@]2(C)[C@@H](C(C)=O)CC[C@@H]32)C1. The Morgan fingerprint density at radius 2 is 1.64 bits per heavy atom. The van der Waals surface area contributed by atoms with Crippen LogP contribution < -0.4 is 0 Å². The van der Waals surface area contributed by atoms with Crippen molar-refractivity contribution < 1.29 is 14.3 Å². The Bertz CT molecular complexity index is 627. The van der Waals surface area contributed by atoms with Gasteiger partial charge in [-0.3, -0.25) is 9.59 Å². The van der Waals surface area contributed by atoms with Crippen LogP contribution in [0.4, 0.5) is 0 Å². The van der Waals surface area contributed by atoms with Gasteiger partial charge in [-0.25, -0.2) is 0 Å². The number of carbonyl (C=O) groups excluding carboxylic acids is 2. The number of fused-ring (bicyclic) bond motifs is 5. The highest BCUT2D eigenvalue weighted by molar-refractivity contribution is 5.79. The van der Waals surface area contributed by atoms with Gasteiger partial charge in [-0.1, -0.05) is 20.8 Å². The smallest absolute Gasteiger partial charge is 0.306 e. The predicted octanol–water partition coefficient (Wildman–Crippen LogP) is 5.95. The first kappa shape index (κ1) is 20.4. The zero-order valence-corrected chi connectivity index (χ0v) is 18.5. The maximum absolute atomic E-state index is 12.3. The van der Waals surface area contributed by atoms with Gasteiger partial charge in [0.1, 0.15) is 11.9 Å². The molecule has 0 aromatic heterocycles. The number of hydrogen-bond acceptors (Lipinski definition) is 3. The van der Waals surface area contributed by atoms with Crippen molar-refractivity contribution >= 4 is 11.8 Å². The predicted molar refractivity (Wildman–Crippen MR) is 111 cm³/mol. The van der Waals surface area contributed by atoms with Crippen LogP contribution >= 0.6 is 0 Å². The topological polar surface area (TPSA) is 43.4 Å². The molecule has 4 fully saturated rings.